The third-order valence-corrected chi connectivity index (χ3v) is 4.36. The first kappa shape index (κ1) is 17.3. The lowest BCUT2D eigenvalue weighted by Gasteiger charge is -2.11. The highest BCUT2D eigenvalue weighted by Gasteiger charge is 2.15. The highest BCUT2D eigenvalue weighted by Crippen LogP contribution is 2.22. The molecule has 0 aliphatic carbocycles. The Kier molecular flexibility index (Phi) is 5.27. The van der Waals surface area contributed by atoms with Crippen molar-refractivity contribution >= 4 is 37.6 Å². The maximum absolute atomic E-state index is 12.4. The summed E-state index contributed by atoms with van der Waals surface area (Å²) < 4.78 is 32.5. The summed E-state index contributed by atoms with van der Waals surface area (Å²) in [6, 6.07) is 11.5. The van der Waals surface area contributed by atoms with E-state index in [1.54, 1.807) is 19.1 Å². The Labute approximate surface area is 142 Å². The van der Waals surface area contributed by atoms with Gasteiger partial charge < -0.3 is 9.84 Å². The first-order valence-corrected chi connectivity index (χ1v) is 8.95. The molecule has 0 spiro atoms. The van der Waals surface area contributed by atoms with Crippen LogP contribution in [-0.2, 0) is 10.0 Å². The molecule has 0 radical (unpaired) electrons. The fourth-order valence-corrected chi connectivity index (χ4v) is 3.11. The van der Waals surface area contributed by atoms with Gasteiger partial charge in [0.2, 0.25) is 0 Å². The molecule has 0 bridgehead atoms. The van der Waals surface area contributed by atoms with Crippen LogP contribution in [0.2, 0.25) is 0 Å². The topological polar surface area (TPSA) is 92.7 Å². The van der Waals surface area contributed by atoms with Crippen molar-refractivity contribution in [1.82, 2.24) is 0 Å². The van der Waals surface area contributed by atoms with E-state index in [1.807, 2.05) is 0 Å². The van der Waals surface area contributed by atoms with Crippen molar-refractivity contribution in [3.8, 4) is 5.75 Å². The van der Waals surface area contributed by atoms with Crippen LogP contribution in [0.3, 0.4) is 0 Å². The molecule has 6 nitrogen and oxygen atoms in total. The molecule has 2 N–H and O–H groups in total. The lowest BCUT2D eigenvalue weighted by molar-refractivity contribution is 0.0697. The van der Waals surface area contributed by atoms with Gasteiger partial charge in [-0.2, -0.15) is 0 Å². The lowest BCUT2D eigenvalue weighted by atomic mass is 10.2. The second-order valence-electron chi connectivity index (χ2n) is 4.62. The SMILES string of the molecule is CC(Br)Oc1cccc(S(=O)(=O)Nc2ccc(C(=O)O)cc2)c1. The quantitative estimate of drug-likeness (QED) is 0.726. The van der Waals surface area contributed by atoms with Crippen molar-refractivity contribution in [3.05, 3.63) is 54.1 Å². The third kappa shape index (κ3) is 4.70. The minimum atomic E-state index is -3.80. The Morgan fingerprint density at radius 2 is 1.87 bits per heavy atom. The van der Waals surface area contributed by atoms with Crippen LogP contribution in [-0.4, -0.2) is 24.5 Å². The fourth-order valence-electron chi connectivity index (χ4n) is 1.80. The van der Waals surface area contributed by atoms with Gasteiger partial charge >= 0.3 is 5.97 Å². The van der Waals surface area contributed by atoms with Gasteiger partial charge in [0.25, 0.3) is 10.0 Å². The Hall–Kier alpha value is -2.06. The first-order chi connectivity index (χ1) is 10.8. The van der Waals surface area contributed by atoms with Crippen LogP contribution in [0.5, 0.6) is 5.75 Å². The molecule has 0 aromatic heterocycles. The number of aromatic carboxylic acids is 1. The smallest absolute Gasteiger partial charge is 0.335 e. The number of carbonyl (C=O) groups is 1. The predicted molar refractivity (Wildman–Crippen MR) is 89.7 cm³/mol. The number of halogens is 1. The summed E-state index contributed by atoms with van der Waals surface area (Å²) in [5.74, 6) is -0.661. The molecular weight excluding hydrogens is 386 g/mol. The summed E-state index contributed by atoms with van der Waals surface area (Å²) in [5, 5.41) is 8.58. The number of anilines is 1. The van der Waals surface area contributed by atoms with E-state index in [-0.39, 0.29) is 21.2 Å². The molecule has 0 aliphatic rings. The standard InChI is InChI=1S/C15H14BrNO5S/c1-10(16)22-13-3-2-4-14(9-13)23(20,21)17-12-7-5-11(6-8-12)15(18)19/h2-10,17H,1H3,(H,18,19). The summed E-state index contributed by atoms with van der Waals surface area (Å²) in [6.07, 6.45) is 0. The number of nitrogens with one attached hydrogen (secondary N) is 1. The molecule has 0 fully saturated rings. The molecular formula is C15H14BrNO5S. The van der Waals surface area contributed by atoms with Crippen molar-refractivity contribution < 1.29 is 23.1 Å². The number of alkyl halides is 1. The van der Waals surface area contributed by atoms with Crippen molar-refractivity contribution in [1.29, 1.82) is 0 Å². The van der Waals surface area contributed by atoms with E-state index in [1.165, 1.54) is 36.4 Å². The molecule has 2 aromatic carbocycles. The summed E-state index contributed by atoms with van der Waals surface area (Å²) in [6.45, 7) is 1.77. The molecule has 2 rings (SSSR count). The van der Waals surface area contributed by atoms with E-state index in [0.29, 0.717) is 5.75 Å². The van der Waals surface area contributed by atoms with Crippen molar-refractivity contribution in [2.45, 2.75) is 16.8 Å². The first-order valence-electron chi connectivity index (χ1n) is 6.55. The summed E-state index contributed by atoms with van der Waals surface area (Å²) in [5.41, 5.74) is 0.352. The summed E-state index contributed by atoms with van der Waals surface area (Å²) in [4.78, 5) is 10.8. The number of carboxylic acid groups (broad SMARTS) is 1. The van der Waals surface area contributed by atoms with Crippen molar-refractivity contribution in [3.63, 3.8) is 0 Å². The minimum absolute atomic E-state index is 0.0467. The molecule has 0 aliphatic heterocycles. The van der Waals surface area contributed by atoms with E-state index in [2.05, 4.69) is 20.7 Å². The van der Waals surface area contributed by atoms with E-state index >= 15 is 0 Å². The Morgan fingerprint density at radius 1 is 1.22 bits per heavy atom. The minimum Gasteiger partial charge on any atom is -0.480 e. The molecule has 8 heteroatoms. The van der Waals surface area contributed by atoms with E-state index in [0.717, 1.165) is 0 Å². The number of sulfonamides is 1. The van der Waals surface area contributed by atoms with Gasteiger partial charge in [0.1, 0.15) is 5.75 Å². The molecule has 23 heavy (non-hydrogen) atoms. The zero-order valence-electron chi connectivity index (χ0n) is 12.1. The average Bonchev–Trinajstić information content (AvgIpc) is 2.47. The molecule has 0 heterocycles. The van der Waals surface area contributed by atoms with Crippen LogP contribution in [0.4, 0.5) is 5.69 Å². The van der Waals surface area contributed by atoms with E-state index in [4.69, 9.17) is 9.84 Å². The Morgan fingerprint density at radius 3 is 2.43 bits per heavy atom. The number of rotatable bonds is 6. The average molecular weight is 400 g/mol. The lowest BCUT2D eigenvalue weighted by Crippen LogP contribution is -2.13. The molecule has 1 unspecified atom stereocenters. The van der Waals surface area contributed by atoms with Gasteiger partial charge in [-0.1, -0.05) is 6.07 Å². The Bertz CT molecular complexity index is 803. The zero-order valence-corrected chi connectivity index (χ0v) is 14.5. The van der Waals surface area contributed by atoms with Crippen molar-refractivity contribution in [2.75, 3.05) is 4.72 Å². The highest BCUT2D eigenvalue weighted by atomic mass is 79.9. The number of hydrogen-bond acceptors (Lipinski definition) is 4. The van der Waals surface area contributed by atoms with E-state index < -0.39 is 16.0 Å². The maximum atomic E-state index is 12.4. The van der Waals surface area contributed by atoms with Crippen LogP contribution >= 0.6 is 15.9 Å². The summed E-state index contributed by atoms with van der Waals surface area (Å²) >= 11 is 3.22. The second-order valence-corrected chi connectivity index (χ2v) is 7.60. The van der Waals surface area contributed by atoms with E-state index in [9.17, 15) is 13.2 Å². The molecule has 0 saturated heterocycles. The van der Waals surface area contributed by atoms with Gasteiger partial charge in [0, 0.05) is 11.8 Å². The number of ether oxygens (including phenoxy) is 1. The molecule has 0 saturated carbocycles. The number of benzene rings is 2. The summed E-state index contributed by atoms with van der Waals surface area (Å²) in [7, 11) is -3.80. The molecule has 2 aromatic rings. The van der Waals surface area contributed by atoms with Gasteiger partial charge in [-0.3, -0.25) is 4.72 Å². The van der Waals surface area contributed by atoms with Crippen LogP contribution < -0.4 is 9.46 Å². The van der Waals surface area contributed by atoms with Gasteiger partial charge in [-0.25, -0.2) is 13.2 Å². The number of hydrogen-bond donors (Lipinski definition) is 2. The van der Waals surface area contributed by atoms with Crippen LogP contribution in [0.25, 0.3) is 0 Å². The van der Waals surface area contributed by atoms with Crippen LogP contribution in [0, 0.1) is 0 Å². The maximum Gasteiger partial charge on any atom is 0.335 e. The van der Waals surface area contributed by atoms with Gasteiger partial charge in [0.05, 0.1) is 10.5 Å². The van der Waals surface area contributed by atoms with Gasteiger partial charge in [0.15, 0.2) is 5.01 Å². The van der Waals surface area contributed by atoms with Crippen molar-refractivity contribution in [2.24, 2.45) is 0 Å². The highest BCUT2D eigenvalue weighted by molar-refractivity contribution is 9.09. The third-order valence-electron chi connectivity index (χ3n) is 2.80. The molecule has 1 atom stereocenters. The largest absolute Gasteiger partial charge is 0.480 e. The Balaban J connectivity index is 2.23. The monoisotopic (exact) mass is 399 g/mol. The van der Waals surface area contributed by atoms with Gasteiger partial charge in [-0.15, -0.1) is 0 Å². The normalized spacial score (nSPS) is 12.4. The molecule has 122 valence electrons. The molecule has 0 amide bonds. The van der Waals surface area contributed by atoms with Gasteiger partial charge in [-0.05, 0) is 59.3 Å². The fraction of sp³-hybridized carbons (Fsp3) is 0.133. The van der Waals surface area contributed by atoms with Crippen LogP contribution in [0.15, 0.2) is 53.4 Å². The second kappa shape index (κ2) is 7.01. The number of carboxylic acids is 1. The zero-order chi connectivity index (χ0) is 17.0. The predicted octanol–water partition coefficient (Wildman–Crippen LogP) is 3.31. The van der Waals surface area contributed by atoms with Crippen LogP contribution in [0.1, 0.15) is 17.3 Å².